The highest BCUT2D eigenvalue weighted by Gasteiger charge is 2.31. The zero-order valence-electron chi connectivity index (χ0n) is 9.65. The van der Waals surface area contributed by atoms with Crippen molar-refractivity contribution in [3.63, 3.8) is 0 Å². The number of likely N-dealkylation sites (tertiary alicyclic amines) is 1. The van der Waals surface area contributed by atoms with Crippen LogP contribution in [0.15, 0.2) is 0 Å². The van der Waals surface area contributed by atoms with Gasteiger partial charge in [-0.15, -0.1) is 0 Å². The van der Waals surface area contributed by atoms with E-state index < -0.39 is 15.1 Å². The van der Waals surface area contributed by atoms with E-state index in [1.54, 1.807) is 4.90 Å². The summed E-state index contributed by atoms with van der Waals surface area (Å²) in [5.74, 6) is 0.192. The van der Waals surface area contributed by atoms with E-state index in [4.69, 9.17) is 0 Å². The Morgan fingerprint density at radius 1 is 1.56 bits per heavy atom. The lowest BCUT2D eigenvalue weighted by atomic mass is 10.00. The minimum absolute atomic E-state index is 0.256. The van der Waals surface area contributed by atoms with Gasteiger partial charge in [0.15, 0.2) is 9.84 Å². The van der Waals surface area contributed by atoms with Gasteiger partial charge in [0.05, 0.1) is 0 Å². The van der Waals surface area contributed by atoms with Crippen molar-refractivity contribution in [2.45, 2.75) is 25.0 Å². The monoisotopic (exact) mass is 311 g/mol. The SMILES string of the molecule is CC(C(=O)N1CCCC(CBr)C1)S(C)(=O)=O. The summed E-state index contributed by atoms with van der Waals surface area (Å²) in [6.45, 7) is 2.82. The number of nitrogens with zero attached hydrogens (tertiary/aromatic N) is 1. The molecule has 4 nitrogen and oxygen atoms in total. The molecule has 0 saturated carbocycles. The normalized spacial score (nSPS) is 24.2. The van der Waals surface area contributed by atoms with Crippen LogP contribution in [0, 0.1) is 5.92 Å². The van der Waals surface area contributed by atoms with Gasteiger partial charge in [-0.05, 0) is 25.7 Å². The molecule has 0 spiro atoms. The zero-order chi connectivity index (χ0) is 12.3. The van der Waals surface area contributed by atoms with Crippen LogP contribution in [-0.4, -0.2) is 49.2 Å². The lowest BCUT2D eigenvalue weighted by Gasteiger charge is -2.33. The van der Waals surface area contributed by atoms with Gasteiger partial charge < -0.3 is 4.90 Å². The molecule has 0 aromatic rings. The molecular weight excluding hydrogens is 294 g/mol. The first-order chi connectivity index (χ1) is 7.36. The molecule has 0 N–H and O–H groups in total. The van der Waals surface area contributed by atoms with E-state index in [9.17, 15) is 13.2 Å². The zero-order valence-corrected chi connectivity index (χ0v) is 12.1. The molecule has 1 aliphatic rings. The molecule has 6 heteroatoms. The fourth-order valence-electron chi connectivity index (χ4n) is 1.83. The van der Waals surface area contributed by atoms with E-state index in [0.717, 1.165) is 24.4 Å². The van der Waals surface area contributed by atoms with E-state index in [-0.39, 0.29) is 5.91 Å². The fourth-order valence-corrected chi connectivity index (χ4v) is 2.88. The van der Waals surface area contributed by atoms with Crippen LogP contribution in [-0.2, 0) is 14.6 Å². The maximum atomic E-state index is 11.9. The number of rotatable bonds is 3. The molecule has 94 valence electrons. The molecular formula is C10H18BrNO3S. The van der Waals surface area contributed by atoms with Crippen LogP contribution < -0.4 is 0 Å². The third-order valence-electron chi connectivity index (χ3n) is 3.04. The first-order valence-electron chi connectivity index (χ1n) is 5.40. The topological polar surface area (TPSA) is 54.5 Å². The second-order valence-electron chi connectivity index (χ2n) is 4.42. The van der Waals surface area contributed by atoms with Gasteiger partial charge in [0.2, 0.25) is 5.91 Å². The minimum atomic E-state index is -3.28. The third-order valence-corrected chi connectivity index (χ3v) is 5.44. The summed E-state index contributed by atoms with van der Waals surface area (Å²) in [7, 11) is -3.28. The molecule has 0 aliphatic carbocycles. The Morgan fingerprint density at radius 2 is 2.19 bits per heavy atom. The van der Waals surface area contributed by atoms with Crippen molar-refractivity contribution in [2.75, 3.05) is 24.7 Å². The predicted molar refractivity (Wildman–Crippen MR) is 67.4 cm³/mol. The highest BCUT2D eigenvalue weighted by atomic mass is 79.9. The Labute approximate surface area is 105 Å². The first kappa shape index (κ1) is 14.0. The molecule has 16 heavy (non-hydrogen) atoms. The van der Waals surface area contributed by atoms with Crippen molar-refractivity contribution < 1.29 is 13.2 Å². The number of halogens is 1. The summed E-state index contributed by atoms with van der Waals surface area (Å²) in [6, 6.07) is 0. The molecule has 1 aliphatic heterocycles. The third kappa shape index (κ3) is 3.45. The number of hydrogen-bond acceptors (Lipinski definition) is 3. The van der Waals surface area contributed by atoms with Gasteiger partial charge in [-0.2, -0.15) is 0 Å². The van der Waals surface area contributed by atoms with Crippen LogP contribution in [0.3, 0.4) is 0 Å². The standard InChI is InChI=1S/C10H18BrNO3S/c1-8(16(2,14)15)10(13)12-5-3-4-9(6-11)7-12/h8-9H,3-7H2,1-2H3. The second kappa shape index (κ2) is 5.49. The fraction of sp³-hybridized carbons (Fsp3) is 0.900. The molecule has 2 atom stereocenters. The van der Waals surface area contributed by atoms with Crippen LogP contribution in [0.1, 0.15) is 19.8 Å². The van der Waals surface area contributed by atoms with Gasteiger partial charge in [-0.25, -0.2) is 8.42 Å². The molecule has 0 aromatic heterocycles. The molecule has 1 saturated heterocycles. The smallest absolute Gasteiger partial charge is 0.240 e. The van der Waals surface area contributed by atoms with Gasteiger partial charge in [0, 0.05) is 24.7 Å². The van der Waals surface area contributed by atoms with Crippen LogP contribution in [0.25, 0.3) is 0 Å². The van der Waals surface area contributed by atoms with E-state index >= 15 is 0 Å². The summed E-state index contributed by atoms with van der Waals surface area (Å²) < 4.78 is 22.6. The Kier molecular flexibility index (Phi) is 4.79. The maximum absolute atomic E-state index is 11.9. The number of piperidine rings is 1. The lowest BCUT2D eigenvalue weighted by Crippen LogP contribution is -2.46. The van der Waals surface area contributed by atoms with Crippen molar-refractivity contribution in [1.82, 2.24) is 4.90 Å². The van der Waals surface area contributed by atoms with Crippen LogP contribution in [0.5, 0.6) is 0 Å². The summed E-state index contributed by atoms with van der Waals surface area (Å²) in [5, 5.41) is -0.0501. The number of hydrogen-bond donors (Lipinski definition) is 0. The molecule has 1 fully saturated rings. The maximum Gasteiger partial charge on any atom is 0.240 e. The number of carbonyl (C=O) groups is 1. The molecule has 1 heterocycles. The van der Waals surface area contributed by atoms with E-state index in [1.807, 2.05) is 0 Å². The minimum Gasteiger partial charge on any atom is -0.341 e. The molecule has 0 bridgehead atoms. The second-order valence-corrected chi connectivity index (χ2v) is 7.43. The van der Waals surface area contributed by atoms with E-state index in [2.05, 4.69) is 15.9 Å². The Hall–Kier alpha value is -0.100. The van der Waals surface area contributed by atoms with Crippen LogP contribution in [0.2, 0.25) is 0 Å². The van der Waals surface area contributed by atoms with Crippen LogP contribution in [0.4, 0.5) is 0 Å². The number of alkyl halides is 1. The van der Waals surface area contributed by atoms with Gasteiger partial charge in [0.25, 0.3) is 0 Å². The van der Waals surface area contributed by atoms with Crippen molar-refractivity contribution in [3.8, 4) is 0 Å². The summed E-state index contributed by atoms with van der Waals surface area (Å²) in [4.78, 5) is 13.6. The molecule has 2 unspecified atom stereocenters. The summed E-state index contributed by atoms with van der Waals surface area (Å²) >= 11 is 3.41. The van der Waals surface area contributed by atoms with Gasteiger partial charge >= 0.3 is 0 Å². The Bertz CT molecular complexity index is 355. The number of sulfone groups is 1. The quantitative estimate of drug-likeness (QED) is 0.732. The summed E-state index contributed by atoms with van der Waals surface area (Å²) in [6.07, 6.45) is 3.17. The molecule has 1 rings (SSSR count). The highest BCUT2D eigenvalue weighted by Crippen LogP contribution is 2.19. The van der Waals surface area contributed by atoms with Crippen molar-refractivity contribution in [2.24, 2.45) is 5.92 Å². The van der Waals surface area contributed by atoms with E-state index in [1.165, 1.54) is 6.92 Å². The molecule has 0 radical (unpaired) electrons. The molecule has 1 amide bonds. The summed E-state index contributed by atoms with van der Waals surface area (Å²) in [5.41, 5.74) is 0. The largest absolute Gasteiger partial charge is 0.341 e. The Balaban J connectivity index is 2.67. The van der Waals surface area contributed by atoms with Crippen molar-refractivity contribution in [1.29, 1.82) is 0 Å². The molecule has 0 aromatic carbocycles. The lowest BCUT2D eigenvalue weighted by molar-refractivity contribution is -0.132. The van der Waals surface area contributed by atoms with Gasteiger partial charge in [-0.3, -0.25) is 4.79 Å². The first-order valence-corrected chi connectivity index (χ1v) is 8.47. The number of carbonyl (C=O) groups excluding carboxylic acids is 1. The average Bonchev–Trinajstić information content (AvgIpc) is 2.26. The predicted octanol–water partition coefficient (Wildman–Crippen LogP) is 1.05. The van der Waals surface area contributed by atoms with E-state index in [0.29, 0.717) is 19.0 Å². The Morgan fingerprint density at radius 3 is 2.69 bits per heavy atom. The van der Waals surface area contributed by atoms with Gasteiger partial charge in [-0.1, -0.05) is 15.9 Å². The van der Waals surface area contributed by atoms with Crippen molar-refractivity contribution in [3.05, 3.63) is 0 Å². The van der Waals surface area contributed by atoms with Crippen LogP contribution >= 0.6 is 15.9 Å². The number of amides is 1. The van der Waals surface area contributed by atoms with Crippen molar-refractivity contribution >= 4 is 31.7 Å². The van der Waals surface area contributed by atoms with Gasteiger partial charge in [0.1, 0.15) is 5.25 Å². The average molecular weight is 312 g/mol. The highest BCUT2D eigenvalue weighted by molar-refractivity contribution is 9.09.